The van der Waals surface area contributed by atoms with Crippen LogP contribution in [-0.2, 0) is 0 Å². The summed E-state index contributed by atoms with van der Waals surface area (Å²) in [4.78, 5) is 19.2. The van der Waals surface area contributed by atoms with E-state index in [1.807, 2.05) is 0 Å². The van der Waals surface area contributed by atoms with Crippen LogP contribution in [0.15, 0.2) is 22.9 Å². The molecule has 2 aromatic rings. The molecule has 1 amide bonds. The molecule has 5 heterocycles. The summed E-state index contributed by atoms with van der Waals surface area (Å²) >= 11 is 0. The summed E-state index contributed by atoms with van der Waals surface area (Å²) in [5, 5.41) is 12.7. The van der Waals surface area contributed by atoms with E-state index in [4.69, 9.17) is 9.52 Å². The van der Waals surface area contributed by atoms with Crippen molar-refractivity contribution in [2.45, 2.75) is 18.9 Å². The highest BCUT2D eigenvalue weighted by molar-refractivity contribution is 5.96. The Morgan fingerprint density at radius 1 is 1.46 bits per heavy atom. The Hall–Kier alpha value is -2.36. The largest absolute Gasteiger partial charge is 0.461 e. The van der Waals surface area contributed by atoms with E-state index in [0.717, 1.165) is 37.9 Å². The van der Waals surface area contributed by atoms with Crippen molar-refractivity contribution in [2.24, 2.45) is 5.92 Å². The van der Waals surface area contributed by atoms with Crippen LogP contribution in [0, 0.1) is 17.8 Å². The number of piperidine rings is 3. The zero-order valence-corrected chi connectivity index (χ0v) is 13.3. The summed E-state index contributed by atoms with van der Waals surface area (Å²) < 4.78 is 5.39. The fourth-order valence-corrected chi connectivity index (χ4v) is 3.66. The lowest BCUT2D eigenvalue weighted by molar-refractivity contribution is 0.0618. The van der Waals surface area contributed by atoms with Crippen molar-refractivity contribution in [3.05, 3.63) is 29.8 Å². The predicted octanol–water partition coefficient (Wildman–Crippen LogP) is 0.996. The molecule has 2 bridgehead atoms. The summed E-state index contributed by atoms with van der Waals surface area (Å²) in [6.45, 7) is 2.99. The van der Waals surface area contributed by atoms with Gasteiger partial charge in [0, 0.05) is 18.0 Å². The molecule has 0 radical (unpaired) electrons. The highest BCUT2D eigenvalue weighted by atomic mass is 16.3. The Labute approximate surface area is 139 Å². The van der Waals surface area contributed by atoms with Crippen LogP contribution in [0.4, 0.5) is 0 Å². The predicted molar refractivity (Wildman–Crippen MR) is 88.4 cm³/mol. The minimum absolute atomic E-state index is 0.155. The number of aliphatic hydroxyl groups excluding tert-OH is 1. The number of hydrogen-bond donors (Lipinski definition) is 2. The Balaban J connectivity index is 1.55. The molecule has 6 heteroatoms. The van der Waals surface area contributed by atoms with E-state index in [-0.39, 0.29) is 18.6 Å². The number of carbonyl (C=O) groups excluding carboxylic acids is 1. The molecule has 24 heavy (non-hydrogen) atoms. The number of aromatic nitrogens is 1. The first kappa shape index (κ1) is 15.2. The molecule has 0 unspecified atom stereocenters. The molecular weight excluding hydrogens is 306 g/mol. The number of rotatable bonds is 2. The molecule has 6 nitrogen and oxygen atoms in total. The minimum Gasteiger partial charge on any atom is -0.461 e. The van der Waals surface area contributed by atoms with Crippen molar-refractivity contribution in [1.82, 2.24) is 15.2 Å². The van der Waals surface area contributed by atoms with Gasteiger partial charge in [-0.25, -0.2) is 4.98 Å². The van der Waals surface area contributed by atoms with E-state index in [2.05, 4.69) is 27.0 Å². The third-order valence-electron chi connectivity index (χ3n) is 4.97. The lowest BCUT2D eigenvalue weighted by Crippen LogP contribution is -2.57. The van der Waals surface area contributed by atoms with Gasteiger partial charge in [-0.2, -0.15) is 0 Å². The molecule has 3 saturated heterocycles. The molecule has 0 spiro atoms. The van der Waals surface area contributed by atoms with Crippen LogP contribution < -0.4 is 5.32 Å². The lowest BCUT2D eigenvalue weighted by Gasteiger charge is -2.44. The molecule has 3 fully saturated rings. The first-order chi connectivity index (χ1) is 11.7. The van der Waals surface area contributed by atoms with E-state index in [9.17, 15) is 4.79 Å². The van der Waals surface area contributed by atoms with Crippen LogP contribution in [0.1, 0.15) is 28.9 Å². The number of hydrogen-bond acceptors (Lipinski definition) is 5. The first-order valence-electron chi connectivity index (χ1n) is 8.25. The number of pyridine rings is 1. The van der Waals surface area contributed by atoms with Crippen LogP contribution in [-0.4, -0.2) is 53.2 Å². The Morgan fingerprint density at radius 3 is 3.00 bits per heavy atom. The van der Waals surface area contributed by atoms with Gasteiger partial charge in [0.15, 0.2) is 5.58 Å². The van der Waals surface area contributed by atoms with Gasteiger partial charge in [-0.1, -0.05) is 11.8 Å². The van der Waals surface area contributed by atoms with Crippen molar-refractivity contribution in [1.29, 1.82) is 0 Å². The van der Waals surface area contributed by atoms with Crippen molar-refractivity contribution < 1.29 is 14.3 Å². The fraction of sp³-hybridized carbons (Fsp3) is 0.444. The third-order valence-corrected chi connectivity index (χ3v) is 4.97. The van der Waals surface area contributed by atoms with Crippen molar-refractivity contribution in [2.75, 3.05) is 26.2 Å². The zero-order valence-electron chi connectivity index (χ0n) is 13.3. The molecule has 3 aliphatic rings. The van der Waals surface area contributed by atoms with Gasteiger partial charge in [0.05, 0.1) is 11.8 Å². The summed E-state index contributed by atoms with van der Waals surface area (Å²) in [5.74, 6) is 5.84. The molecule has 0 aliphatic carbocycles. The fourth-order valence-electron chi connectivity index (χ4n) is 3.66. The quantitative estimate of drug-likeness (QED) is 0.805. The van der Waals surface area contributed by atoms with Gasteiger partial charge in [-0.15, -0.1) is 0 Å². The van der Waals surface area contributed by atoms with E-state index < -0.39 is 0 Å². The van der Waals surface area contributed by atoms with Gasteiger partial charge in [0.25, 0.3) is 5.91 Å². The SMILES string of the molecule is O=C(N[C@H]1CN2CCC1CC2)c1cc2c(C#CCO)coc2cn1. The Kier molecular flexibility index (Phi) is 3.97. The average Bonchev–Trinajstić information content (AvgIpc) is 3.03. The minimum atomic E-state index is -0.218. The highest BCUT2D eigenvalue weighted by Crippen LogP contribution is 2.28. The second kappa shape index (κ2) is 6.27. The maximum absolute atomic E-state index is 12.6. The van der Waals surface area contributed by atoms with Crippen LogP contribution in [0.3, 0.4) is 0 Å². The number of carbonyl (C=O) groups is 1. The van der Waals surface area contributed by atoms with E-state index in [1.165, 1.54) is 6.26 Å². The molecule has 1 atom stereocenters. The standard InChI is InChI=1S/C18H19N3O3/c22-7-1-2-13-11-24-17-9-19-15(8-14(13)17)18(23)20-16-10-21-5-3-12(16)4-6-21/h8-9,11-12,16,22H,3-7,10H2,(H,20,23)/t16-/m0/s1. The monoisotopic (exact) mass is 325 g/mol. The van der Waals surface area contributed by atoms with Gasteiger partial charge < -0.3 is 19.7 Å². The summed E-state index contributed by atoms with van der Waals surface area (Å²) in [5.41, 5.74) is 1.60. The number of furan rings is 1. The second-order valence-corrected chi connectivity index (χ2v) is 6.39. The summed E-state index contributed by atoms with van der Waals surface area (Å²) in [6, 6.07) is 1.91. The number of amides is 1. The summed E-state index contributed by atoms with van der Waals surface area (Å²) in [6.07, 6.45) is 5.37. The molecular formula is C18H19N3O3. The number of aliphatic hydroxyl groups is 1. The molecule has 5 rings (SSSR count). The molecule has 124 valence electrons. The van der Waals surface area contributed by atoms with E-state index in [1.54, 1.807) is 12.3 Å². The molecule has 3 aliphatic heterocycles. The molecule has 0 aromatic carbocycles. The van der Waals surface area contributed by atoms with Gasteiger partial charge in [-0.05, 0) is 37.9 Å². The zero-order chi connectivity index (χ0) is 16.5. The Bertz CT molecular complexity index is 825. The lowest BCUT2D eigenvalue weighted by atomic mass is 9.84. The highest BCUT2D eigenvalue weighted by Gasteiger charge is 2.35. The topological polar surface area (TPSA) is 78.6 Å². The number of fused-ring (bicyclic) bond motifs is 4. The Morgan fingerprint density at radius 2 is 2.29 bits per heavy atom. The maximum atomic E-state index is 12.6. The van der Waals surface area contributed by atoms with Gasteiger partial charge >= 0.3 is 0 Å². The van der Waals surface area contributed by atoms with Gasteiger partial charge in [0.2, 0.25) is 0 Å². The van der Waals surface area contributed by atoms with Crippen LogP contribution >= 0.6 is 0 Å². The first-order valence-corrected chi connectivity index (χ1v) is 8.25. The summed E-state index contributed by atoms with van der Waals surface area (Å²) in [7, 11) is 0. The number of nitrogens with one attached hydrogen (secondary N) is 1. The van der Waals surface area contributed by atoms with Crippen molar-refractivity contribution >= 4 is 16.9 Å². The maximum Gasteiger partial charge on any atom is 0.270 e. The van der Waals surface area contributed by atoms with Gasteiger partial charge in [-0.3, -0.25) is 4.79 Å². The third kappa shape index (κ3) is 2.77. The van der Waals surface area contributed by atoms with Crippen molar-refractivity contribution in [3.63, 3.8) is 0 Å². The van der Waals surface area contributed by atoms with Crippen LogP contribution in [0.5, 0.6) is 0 Å². The van der Waals surface area contributed by atoms with Crippen LogP contribution in [0.2, 0.25) is 0 Å². The number of nitrogens with zero attached hydrogens (tertiary/aromatic N) is 2. The van der Waals surface area contributed by atoms with Gasteiger partial charge in [0.1, 0.15) is 18.6 Å². The molecule has 0 saturated carbocycles. The molecule has 2 N–H and O–H groups in total. The van der Waals surface area contributed by atoms with Crippen molar-refractivity contribution in [3.8, 4) is 11.8 Å². The smallest absolute Gasteiger partial charge is 0.270 e. The average molecular weight is 325 g/mol. The van der Waals surface area contributed by atoms with E-state index >= 15 is 0 Å². The normalized spacial score (nSPS) is 25.3. The second-order valence-electron chi connectivity index (χ2n) is 6.39. The van der Waals surface area contributed by atoms with E-state index in [0.29, 0.717) is 22.8 Å². The van der Waals surface area contributed by atoms with Crippen LogP contribution in [0.25, 0.3) is 11.0 Å². The molecule has 2 aromatic heterocycles.